The molecule has 2 aromatic carbocycles. The van der Waals surface area contributed by atoms with Gasteiger partial charge in [0.15, 0.2) is 0 Å². The molecule has 1 amide bonds. The van der Waals surface area contributed by atoms with Crippen LogP contribution in [-0.4, -0.2) is 27.5 Å². The molecule has 184 valence electrons. The number of nitrogens with one attached hydrogen (secondary N) is 1. The zero-order valence-electron chi connectivity index (χ0n) is 20.5. The van der Waals surface area contributed by atoms with Gasteiger partial charge in [0, 0.05) is 24.9 Å². The highest BCUT2D eigenvalue weighted by atomic mass is 19.1. The minimum atomic E-state index is -0.334. The third kappa shape index (κ3) is 5.78. The van der Waals surface area contributed by atoms with E-state index in [2.05, 4.69) is 5.32 Å². The summed E-state index contributed by atoms with van der Waals surface area (Å²) >= 11 is 0. The van der Waals surface area contributed by atoms with E-state index < -0.39 is 0 Å². The van der Waals surface area contributed by atoms with E-state index in [4.69, 9.17) is 9.72 Å². The Morgan fingerprint density at radius 2 is 1.86 bits per heavy atom. The molecule has 4 rings (SSSR count). The molecule has 0 aliphatic carbocycles. The minimum absolute atomic E-state index is 0.0124. The largest absolute Gasteiger partial charge is 0.462 e. The fraction of sp³-hybridized carbons (Fsp3) is 0.393. The van der Waals surface area contributed by atoms with Gasteiger partial charge in [-0.1, -0.05) is 44.2 Å². The van der Waals surface area contributed by atoms with Crippen LogP contribution in [0.5, 0.6) is 0 Å². The first kappa shape index (κ1) is 24.6. The molecule has 0 spiro atoms. The summed E-state index contributed by atoms with van der Waals surface area (Å²) in [5.74, 6) is -0.132. The van der Waals surface area contributed by atoms with Crippen molar-refractivity contribution in [3.8, 4) is 11.4 Å². The van der Waals surface area contributed by atoms with Crippen molar-refractivity contribution in [3.63, 3.8) is 0 Å². The molecular formula is C28H32FN3O3. The molecule has 6 nitrogen and oxygen atoms in total. The molecule has 1 aromatic heterocycles. The van der Waals surface area contributed by atoms with Crippen molar-refractivity contribution in [3.05, 3.63) is 77.4 Å². The first-order valence-electron chi connectivity index (χ1n) is 12.2. The van der Waals surface area contributed by atoms with Crippen molar-refractivity contribution in [2.45, 2.75) is 71.1 Å². The second-order valence-electron chi connectivity index (χ2n) is 9.38. The Morgan fingerprint density at radius 1 is 1.14 bits per heavy atom. The predicted molar refractivity (Wildman–Crippen MR) is 132 cm³/mol. The van der Waals surface area contributed by atoms with E-state index in [1.165, 1.54) is 12.1 Å². The van der Waals surface area contributed by atoms with E-state index in [-0.39, 0.29) is 35.8 Å². The van der Waals surface area contributed by atoms with Crippen LogP contribution in [0, 0.1) is 5.82 Å². The van der Waals surface area contributed by atoms with Gasteiger partial charge in [-0.2, -0.15) is 0 Å². The summed E-state index contributed by atoms with van der Waals surface area (Å²) in [6.07, 6.45) is 2.57. The van der Waals surface area contributed by atoms with Crippen molar-refractivity contribution < 1.29 is 18.7 Å². The lowest BCUT2D eigenvalue weighted by molar-refractivity contribution is -0.154. The Morgan fingerprint density at radius 3 is 2.51 bits per heavy atom. The number of esters is 1. The van der Waals surface area contributed by atoms with Crippen LogP contribution in [0.15, 0.2) is 54.6 Å². The van der Waals surface area contributed by atoms with Gasteiger partial charge in [0.1, 0.15) is 23.4 Å². The van der Waals surface area contributed by atoms with Crippen LogP contribution in [0.25, 0.3) is 11.4 Å². The van der Waals surface area contributed by atoms with Gasteiger partial charge in [0.2, 0.25) is 0 Å². The number of ether oxygens (including phenoxy) is 1. The zero-order valence-corrected chi connectivity index (χ0v) is 20.5. The fourth-order valence-corrected chi connectivity index (χ4v) is 4.61. The summed E-state index contributed by atoms with van der Waals surface area (Å²) in [7, 11) is 0. The number of hydrogen-bond donors (Lipinski definition) is 1. The van der Waals surface area contributed by atoms with E-state index in [9.17, 15) is 14.0 Å². The van der Waals surface area contributed by atoms with Crippen LogP contribution in [0.3, 0.4) is 0 Å². The highest BCUT2D eigenvalue weighted by molar-refractivity contribution is 5.94. The maximum absolute atomic E-state index is 13.6. The molecule has 35 heavy (non-hydrogen) atoms. The number of carbonyl (C=O) groups is 2. The van der Waals surface area contributed by atoms with Gasteiger partial charge in [-0.05, 0) is 55.5 Å². The first-order chi connectivity index (χ1) is 16.8. The number of amides is 1. The van der Waals surface area contributed by atoms with Gasteiger partial charge in [-0.25, -0.2) is 9.37 Å². The third-order valence-corrected chi connectivity index (χ3v) is 6.40. The van der Waals surface area contributed by atoms with E-state index in [1.807, 2.05) is 55.7 Å². The maximum Gasteiger partial charge on any atom is 0.306 e. The average Bonchev–Trinajstić information content (AvgIpc) is 3.24. The molecule has 3 aromatic rings. The Bertz CT molecular complexity index is 1170. The Kier molecular flexibility index (Phi) is 7.63. The number of imidazole rings is 1. The molecule has 2 unspecified atom stereocenters. The van der Waals surface area contributed by atoms with Crippen molar-refractivity contribution in [1.29, 1.82) is 0 Å². The average molecular weight is 478 g/mol. The molecule has 0 radical (unpaired) electrons. The third-order valence-electron chi connectivity index (χ3n) is 6.40. The minimum Gasteiger partial charge on any atom is -0.462 e. The van der Waals surface area contributed by atoms with Crippen LogP contribution in [-0.2, 0) is 16.1 Å². The number of halogens is 1. The van der Waals surface area contributed by atoms with Crippen LogP contribution in [0.1, 0.15) is 80.2 Å². The van der Waals surface area contributed by atoms with Crippen LogP contribution in [0.2, 0.25) is 0 Å². The zero-order chi connectivity index (χ0) is 24.9. The van der Waals surface area contributed by atoms with E-state index in [1.54, 1.807) is 12.1 Å². The van der Waals surface area contributed by atoms with Crippen LogP contribution >= 0.6 is 0 Å². The molecule has 7 heteroatoms. The van der Waals surface area contributed by atoms with Gasteiger partial charge in [-0.15, -0.1) is 0 Å². The standard InChI is InChI=1S/C28H32FN3O3/c1-18(2)26-25(28(34)30-19(3)20-8-5-4-6-9-20)31-27(21-12-14-22(29)15-13-21)32(26)17-16-23-10-7-11-24(33)35-23/h4-6,8-9,12-15,18-19,23H,7,10-11,16-17H2,1-3H3,(H,30,34). The molecular weight excluding hydrogens is 445 g/mol. The number of hydrogen-bond acceptors (Lipinski definition) is 4. The number of benzene rings is 2. The fourth-order valence-electron chi connectivity index (χ4n) is 4.61. The Hall–Kier alpha value is -3.48. The molecule has 1 aliphatic rings. The van der Waals surface area contributed by atoms with Crippen molar-refractivity contribution in [2.24, 2.45) is 0 Å². The molecule has 1 N–H and O–H groups in total. The normalized spacial score (nSPS) is 16.7. The summed E-state index contributed by atoms with van der Waals surface area (Å²) in [5.41, 5.74) is 2.90. The van der Waals surface area contributed by atoms with Crippen molar-refractivity contribution >= 4 is 11.9 Å². The van der Waals surface area contributed by atoms with Gasteiger partial charge >= 0.3 is 5.97 Å². The summed E-state index contributed by atoms with van der Waals surface area (Å²) in [6.45, 7) is 6.53. The monoisotopic (exact) mass is 477 g/mol. The second-order valence-corrected chi connectivity index (χ2v) is 9.38. The van der Waals surface area contributed by atoms with E-state index in [0.29, 0.717) is 30.9 Å². The molecule has 1 aliphatic heterocycles. The number of aromatic nitrogens is 2. The predicted octanol–water partition coefficient (Wildman–Crippen LogP) is 5.79. The van der Waals surface area contributed by atoms with Gasteiger partial charge < -0.3 is 14.6 Å². The summed E-state index contributed by atoms with van der Waals surface area (Å²) in [6, 6.07) is 15.7. The van der Waals surface area contributed by atoms with Gasteiger partial charge in [0.25, 0.3) is 5.91 Å². The lowest BCUT2D eigenvalue weighted by atomic mass is 10.0. The van der Waals surface area contributed by atoms with Crippen LogP contribution in [0.4, 0.5) is 4.39 Å². The topological polar surface area (TPSA) is 73.2 Å². The van der Waals surface area contributed by atoms with Crippen molar-refractivity contribution in [1.82, 2.24) is 14.9 Å². The van der Waals surface area contributed by atoms with Crippen LogP contribution < -0.4 is 5.32 Å². The molecule has 0 saturated carbocycles. The van der Waals surface area contributed by atoms with E-state index in [0.717, 1.165) is 29.7 Å². The lowest BCUT2D eigenvalue weighted by Gasteiger charge is -2.23. The summed E-state index contributed by atoms with van der Waals surface area (Å²) in [4.78, 5) is 30.0. The van der Waals surface area contributed by atoms with Crippen molar-refractivity contribution in [2.75, 3.05) is 0 Å². The Labute approximate surface area is 205 Å². The van der Waals surface area contributed by atoms with Gasteiger partial charge in [0.05, 0.1) is 11.7 Å². The number of carbonyl (C=O) groups excluding carboxylic acids is 2. The maximum atomic E-state index is 13.6. The Balaban J connectivity index is 1.68. The molecule has 1 fully saturated rings. The lowest BCUT2D eigenvalue weighted by Crippen LogP contribution is -2.28. The SMILES string of the molecule is CC(C)c1c(C(=O)NC(C)c2ccccc2)nc(-c2ccc(F)cc2)n1CCC1CCCC(=O)O1. The summed E-state index contributed by atoms with van der Waals surface area (Å²) < 4.78 is 21.2. The highest BCUT2D eigenvalue weighted by Crippen LogP contribution is 2.30. The molecule has 1 saturated heterocycles. The molecule has 2 heterocycles. The van der Waals surface area contributed by atoms with E-state index >= 15 is 0 Å². The summed E-state index contributed by atoms with van der Waals surface area (Å²) in [5, 5.41) is 3.08. The quantitative estimate of drug-likeness (QED) is 0.417. The second kappa shape index (κ2) is 10.8. The molecule has 0 bridgehead atoms. The van der Waals surface area contributed by atoms with Gasteiger partial charge in [-0.3, -0.25) is 9.59 Å². The number of rotatable bonds is 8. The molecule has 2 atom stereocenters. The number of nitrogens with zero attached hydrogens (tertiary/aromatic N) is 2. The highest BCUT2D eigenvalue weighted by Gasteiger charge is 2.27. The number of cyclic esters (lactones) is 1. The first-order valence-corrected chi connectivity index (χ1v) is 12.2. The smallest absolute Gasteiger partial charge is 0.306 e.